The number of halogens is 1. The van der Waals surface area contributed by atoms with Crippen LogP contribution in [0.2, 0.25) is 5.02 Å². The number of rotatable bonds is 4. The zero-order valence-electron chi connectivity index (χ0n) is 16.5. The second kappa shape index (κ2) is 8.42. The Labute approximate surface area is 182 Å². The van der Waals surface area contributed by atoms with Crippen LogP contribution in [-0.2, 0) is 9.53 Å². The van der Waals surface area contributed by atoms with E-state index in [1.165, 1.54) is 11.3 Å². The van der Waals surface area contributed by atoms with Crippen LogP contribution in [0.5, 0.6) is 0 Å². The number of fused-ring (bicyclic) bond motifs is 1. The van der Waals surface area contributed by atoms with Crippen molar-refractivity contribution < 1.29 is 9.53 Å². The normalized spacial score (nSPS) is 16.2. The summed E-state index contributed by atoms with van der Waals surface area (Å²) in [5, 5.41) is 0.561. The molecule has 0 radical (unpaired) electrons. The number of benzene rings is 2. The van der Waals surface area contributed by atoms with Gasteiger partial charge in [-0.1, -0.05) is 71.5 Å². The lowest BCUT2D eigenvalue weighted by molar-refractivity contribution is -0.139. The number of aromatic nitrogens is 1. The van der Waals surface area contributed by atoms with Gasteiger partial charge in [0.25, 0.3) is 5.56 Å². The predicted octanol–water partition coefficient (Wildman–Crippen LogP) is 3.45. The minimum atomic E-state index is -0.602. The van der Waals surface area contributed by atoms with Gasteiger partial charge in [-0.3, -0.25) is 9.36 Å². The SMILES string of the molecule is CCOC(=O)C1=C(C)N=c2s/c(=C\c3ccccc3Cl)c(=O)n2C1c1ccccc1. The molecular weight excluding hydrogens is 420 g/mol. The number of esters is 1. The molecule has 1 aromatic heterocycles. The van der Waals surface area contributed by atoms with Gasteiger partial charge in [0.1, 0.15) is 0 Å². The third-order valence-corrected chi connectivity index (χ3v) is 6.15. The van der Waals surface area contributed by atoms with E-state index in [-0.39, 0.29) is 12.2 Å². The molecule has 152 valence electrons. The third-order valence-electron chi connectivity index (χ3n) is 4.82. The molecule has 0 saturated heterocycles. The first-order chi connectivity index (χ1) is 14.5. The van der Waals surface area contributed by atoms with E-state index in [1.54, 1.807) is 30.6 Å². The van der Waals surface area contributed by atoms with E-state index < -0.39 is 12.0 Å². The summed E-state index contributed by atoms with van der Waals surface area (Å²) in [5.74, 6) is -0.465. The zero-order chi connectivity index (χ0) is 21.3. The summed E-state index contributed by atoms with van der Waals surface area (Å²) in [7, 11) is 0. The first-order valence-corrected chi connectivity index (χ1v) is 10.7. The molecule has 7 heteroatoms. The fraction of sp³-hybridized carbons (Fsp3) is 0.174. The maximum Gasteiger partial charge on any atom is 0.338 e. The number of hydrogen-bond donors (Lipinski definition) is 0. The van der Waals surface area contributed by atoms with Crippen LogP contribution < -0.4 is 14.9 Å². The van der Waals surface area contributed by atoms with Crippen LogP contribution in [0, 0.1) is 0 Å². The van der Waals surface area contributed by atoms with Crippen molar-refractivity contribution in [3.8, 4) is 0 Å². The Hall–Kier alpha value is -2.96. The topological polar surface area (TPSA) is 60.7 Å². The molecule has 1 aliphatic heterocycles. The van der Waals surface area contributed by atoms with Crippen LogP contribution in [0.15, 0.2) is 75.7 Å². The first kappa shape index (κ1) is 20.3. The Balaban J connectivity index is 1.97. The van der Waals surface area contributed by atoms with Gasteiger partial charge < -0.3 is 4.74 Å². The maximum atomic E-state index is 13.4. The lowest BCUT2D eigenvalue weighted by atomic mass is 9.96. The molecule has 2 aromatic carbocycles. The molecule has 0 amide bonds. The number of carbonyl (C=O) groups is 1. The second-order valence-corrected chi connectivity index (χ2v) is 8.15. The van der Waals surface area contributed by atoms with Crippen molar-refractivity contribution in [3.63, 3.8) is 0 Å². The molecule has 0 bridgehead atoms. The van der Waals surface area contributed by atoms with Crippen LogP contribution in [0.25, 0.3) is 6.08 Å². The molecule has 1 unspecified atom stereocenters. The van der Waals surface area contributed by atoms with Gasteiger partial charge in [0.2, 0.25) is 0 Å². The van der Waals surface area contributed by atoms with Crippen LogP contribution in [0.4, 0.5) is 0 Å². The summed E-state index contributed by atoms with van der Waals surface area (Å²) in [4.78, 5) is 31.3. The highest BCUT2D eigenvalue weighted by atomic mass is 35.5. The van der Waals surface area contributed by atoms with Gasteiger partial charge in [0.15, 0.2) is 4.80 Å². The van der Waals surface area contributed by atoms with Crippen molar-refractivity contribution >= 4 is 35.0 Å². The van der Waals surface area contributed by atoms with Crippen molar-refractivity contribution in [1.82, 2.24) is 4.57 Å². The van der Waals surface area contributed by atoms with E-state index in [4.69, 9.17) is 16.3 Å². The van der Waals surface area contributed by atoms with Gasteiger partial charge in [0.05, 0.1) is 28.5 Å². The number of thiazole rings is 1. The molecule has 0 N–H and O–H groups in total. The predicted molar refractivity (Wildman–Crippen MR) is 118 cm³/mol. The molecule has 0 saturated carbocycles. The van der Waals surface area contributed by atoms with Gasteiger partial charge >= 0.3 is 5.97 Å². The first-order valence-electron chi connectivity index (χ1n) is 9.50. The lowest BCUT2D eigenvalue weighted by Crippen LogP contribution is -2.39. The third kappa shape index (κ3) is 3.64. The largest absolute Gasteiger partial charge is 0.463 e. The molecule has 0 spiro atoms. The molecule has 0 fully saturated rings. The number of carbonyl (C=O) groups excluding carboxylic acids is 1. The van der Waals surface area contributed by atoms with E-state index in [1.807, 2.05) is 48.5 Å². The Bertz CT molecular complexity index is 1320. The smallest absolute Gasteiger partial charge is 0.338 e. The fourth-order valence-electron chi connectivity index (χ4n) is 3.48. The highest BCUT2D eigenvalue weighted by Crippen LogP contribution is 2.30. The molecule has 30 heavy (non-hydrogen) atoms. The molecule has 0 aliphatic carbocycles. The maximum absolute atomic E-state index is 13.4. The van der Waals surface area contributed by atoms with Crippen LogP contribution in [0.1, 0.15) is 31.0 Å². The number of ether oxygens (including phenoxy) is 1. The highest BCUT2D eigenvalue weighted by molar-refractivity contribution is 7.07. The van der Waals surface area contributed by atoms with E-state index in [0.29, 0.717) is 25.6 Å². The summed E-state index contributed by atoms with van der Waals surface area (Å²) in [6.07, 6.45) is 1.76. The van der Waals surface area contributed by atoms with Crippen LogP contribution >= 0.6 is 22.9 Å². The van der Waals surface area contributed by atoms with Gasteiger partial charge in [-0.25, -0.2) is 9.79 Å². The van der Waals surface area contributed by atoms with Crippen LogP contribution in [-0.4, -0.2) is 17.1 Å². The fourth-order valence-corrected chi connectivity index (χ4v) is 4.70. The minimum absolute atomic E-state index is 0.221. The van der Waals surface area contributed by atoms with Crippen molar-refractivity contribution in [1.29, 1.82) is 0 Å². The Morgan fingerprint density at radius 3 is 2.60 bits per heavy atom. The van der Waals surface area contributed by atoms with Crippen molar-refractivity contribution in [2.45, 2.75) is 19.9 Å². The summed E-state index contributed by atoms with van der Waals surface area (Å²) in [6.45, 7) is 3.77. The highest BCUT2D eigenvalue weighted by Gasteiger charge is 2.33. The quantitative estimate of drug-likeness (QED) is 0.586. The molecule has 2 heterocycles. The monoisotopic (exact) mass is 438 g/mol. The lowest BCUT2D eigenvalue weighted by Gasteiger charge is -2.24. The summed E-state index contributed by atoms with van der Waals surface area (Å²) in [5.41, 5.74) is 2.27. The molecule has 3 aromatic rings. The van der Waals surface area contributed by atoms with E-state index in [2.05, 4.69) is 4.99 Å². The summed E-state index contributed by atoms with van der Waals surface area (Å²) in [6, 6.07) is 16.2. The average Bonchev–Trinajstić information content (AvgIpc) is 3.04. The Morgan fingerprint density at radius 2 is 1.90 bits per heavy atom. The van der Waals surface area contributed by atoms with Gasteiger partial charge in [-0.2, -0.15) is 0 Å². The standard InChI is InChI=1S/C23H19ClN2O3S/c1-3-29-22(28)19-14(2)25-23-26(20(19)15-9-5-4-6-10-15)21(27)18(30-23)13-16-11-7-8-12-17(16)24/h4-13,20H,3H2,1-2H3/b18-13-. The van der Waals surface area contributed by atoms with E-state index in [0.717, 1.165) is 11.1 Å². The number of hydrogen-bond acceptors (Lipinski definition) is 5. The van der Waals surface area contributed by atoms with E-state index >= 15 is 0 Å². The van der Waals surface area contributed by atoms with Crippen molar-refractivity contribution in [2.75, 3.05) is 6.61 Å². The van der Waals surface area contributed by atoms with Crippen LogP contribution in [0.3, 0.4) is 0 Å². The van der Waals surface area contributed by atoms with Crippen molar-refractivity contribution in [3.05, 3.63) is 102 Å². The summed E-state index contributed by atoms with van der Waals surface area (Å²) < 4.78 is 7.35. The van der Waals surface area contributed by atoms with Gasteiger partial charge in [0, 0.05) is 5.02 Å². The van der Waals surface area contributed by atoms with Gasteiger partial charge in [-0.15, -0.1) is 0 Å². The Kier molecular flexibility index (Phi) is 5.70. The van der Waals surface area contributed by atoms with Gasteiger partial charge in [-0.05, 0) is 37.1 Å². The second-order valence-electron chi connectivity index (χ2n) is 6.73. The Morgan fingerprint density at radius 1 is 1.20 bits per heavy atom. The minimum Gasteiger partial charge on any atom is -0.463 e. The molecule has 1 aliphatic rings. The molecule has 4 rings (SSSR count). The molecule has 5 nitrogen and oxygen atoms in total. The molecule has 1 atom stereocenters. The zero-order valence-corrected chi connectivity index (χ0v) is 18.0. The molecular formula is C23H19ClN2O3S. The average molecular weight is 439 g/mol. The van der Waals surface area contributed by atoms with Crippen molar-refractivity contribution in [2.24, 2.45) is 4.99 Å². The number of allylic oxidation sites excluding steroid dienone is 1. The summed E-state index contributed by atoms with van der Waals surface area (Å²) >= 11 is 7.55. The van der Waals surface area contributed by atoms with E-state index in [9.17, 15) is 9.59 Å². The number of nitrogens with zero attached hydrogens (tertiary/aromatic N) is 2.